The number of thioether (sulfide) groups is 1. The molecule has 0 spiro atoms. The standard InChI is InChI=1S/C20H19N3OS/c1-14-12-15(2)22-20(21-14)25-13-19(24)23-18-10-8-17(9-11-18)16-6-4-3-5-7-16/h3-12H,13H2,1-2H3,(H,23,24). The summed E-state index contributed by atoms with van der Waals surface area (Å²) in [4.78, 5) is 20.8. The van der Waals surface area contributed by atoms with Gasteiger partial charge >= 0.3 is 0 Å². The monoisotopic (exact) mass is 349 g/mol. The molecule has 0 bridgehead atoms. The van der Waals surface area contributed by atoms with Crippen molar-refractivity contribution in [1.82, 2.24) is 9.97 Å². The van der Waals surface area contributed by atoms with Crippen LogP contribution in [0.5, 0.6) is 0 Å². The van der Waals surface area contributed by atoms with Gasteiger partial charge in [-0.1, -0.05) is 54.2 Å². The summed E-state index contributed by atoms with van der Waals surface area (Å²) in [6.45, 7) is 3.85. The Hall–Kier alpha value is -2.66. The van der Waals surface area contributed by atoms with Crippen LogP contribution in [0.25, 0.3) is 11.1 Å². The van der Waals surface area contributed by atoms with Crippen LogP contribution in [0.2, 0.25) is 0 Å². The molecule has 0 saturated carbocycles. The molecule has 25 heavy (non-hydrogen) atoms. The van der Waals surface area contributed by atoms with Crippen molar-refractivity contribution < 1.29 is 4.79 Å². The van der Waals surface area contributed by atoms with Gasteiger partial charge in [-0.05, 0) is 43.2 Å². The first-order valence-electron chi connectivity index (χ1n) is 8.00. The predicted molar refractivity (Wildman–Crippen MR) is 103 cm³/mol. The van der Waals surface area contributed by atoms with E-state index in [4.69, 9.17) is 0 Å². The van der Waals surface area contributed by atoms with E-state index in [-0.39, 0.29) is 11.7 Å². The number of hydrogen-bond donors (Lipinski definition) is 1. The average molecular weight is 349 g/mol. The van der Waals surface area contributed by atoms with Gasteiger partial charge in [-0.3, -0.25) is 4.79 Å². The van der Waals surface area contributed by atoms with Gasteiger partial charge in [-0.15, -0.1) is 0 Å². The molecule has 5 heteroatoms. The summed E-state index contributed by atoms with van der Waals surface area (Å²) >= 11 is 1.34. The summed E-state index contributed by atoms with van der Waals surface area (Å²) in [5, 5.41) is 3.54. The molecule has 4 nitrogen and oxygen atoms in total. The Labute approximate surface area is 151 Å². The maximum Gasteiger partial charge on any atom is 0.234 e. The van der Waals surface area contributed by atoms with E-state index in [9.17, 15) is 4.79 Å². The normalized spacial score (nSPS) is 10.5. The molecule has 1 aromatic heterocycles. The summed E-state index contributed by atoms with van der Waals surface area (Å²) < 4.78 is 0. The van der Waals surface area contributed by atoms with E-state index >= 15 is 0 Å². The smallest absolute Gasteiger partial charge is 0.234 e. The van der Waals surface area contributed by atoms with Crippen molar-refractivity contribution in [3.8, 4) is 11.1 Å². The van der Waals surface area contributed by atoms with Crippen molar-refractivity contribution >= 4 is 23.4 Å². The largest absolute Gasteiger partial charge is 0.325 e. The number of rotatable bonds is 5. The van der Waals surface area contributed by atoms with Gasteiger partial charge in [-0.2, -0.15) is 0 Å². The van der Waals surface area contributed by atoms with Crippen LogP contribution >= 0.6 is 11.8 Å². The predicted octanol–water partition coefficient (Wildman–Crippen LogP) is 4.49. The van der Waals surface area contributed by atoms with Crippen LogP contribution in [0.3, 0.4) is 0 Å². The number of nitrogens with one attached hydrogen (secondary N) is 1. The van der Waals surface area contributed by atoms with E-state index in [1.165, 1.54) is 11.8 Å². The highest BCUT2D eigenvalue weighted by Gasteiger charge is 2.07. The van der Waals surface area contributed by atoms with Crippen molar-refractivity contribution in [3.05, 3.63) is 72.1 Å². The molecule has 0 aliphatic heterocycles. The highest BCUT2D eigenvalue weighted by Crippen LogP contribution is 2.21. The highest BCUT2D eigenvalue weighted by atomic mass is 32.2. The summed E-state index contributed by atoms with van der Waals surface area (Å²) in [6.07, 6.45) is 0. The maximum atomic E-state index is 12.1. The second-order valence-electron chi connectivity index (χ2n) is 5.71. The molecule has 0 atom stereocenters. The molecule has 3 rings (SSSR count). The molecule has 1 heterocycles. The van der Waals surface area contributed by atoms with E-state index in [2.05, 4.69) is 27.4 Å². The van der Waals surface area contributed by atoms with Crippen LogP contribution in [0.15, 0.2) is 65.8 Å². The number of carbonyl (C=O) groups excluding carboxylic acids is 1. The Morgan fingerprint density at radius 3 is 2.16 bits per heavy atom. The van der Waals surface area contributed by atoms with Crippen LogP contribution in [-0.4, -0.2) is 21.6 Å². The SMILES string of the molecule is Cc1cc(C)nc(SCC(=O)Nc2ccc(-c3ccccc3)cc2)n1. The van der Waals surface area contributed by atoms with Gasteiger partial charge in [0.05, 0.1) is 5.75 Å². The van der Waals surface area contributed by atoms with Crippen LogP contribution in [0.4, 0.5) is 5.69 Å². The molecule has 1 N–H and O–H groups in total. The van der Waals surface area contributed by atoms with Gasteiger partial charge in [0, 0.05) is 17.1 Å². The first-order chi connectivity index (χ1) is 12.1. The summed E-state index contributed by atoms with van der Waals surface area (Å²) in [5.74, 6) is 0.212. The lowest BCUT2D eigenvalue weighted by Crippen LogP contribution is -2.14. The number of hydrogen-bond acceptors (Lipinski definition) is 4. The van der Waals surface area contributed by atoms with Crippen molar-refractivity contribution in [2.24, 2.45) is 0 Å². The van der Waals surface area contributed by atoms with Gasteiger partial charge in [-0.25, -0.2) is 9.97 Å². The van der Waals surface area contributed by atoms with E-state index in [0.29, 0.717) is 5.16 Å². The van der Waals surface area contributed by atoms with Crippen LogP contribution < -0.4 is 5.32 Å². The number of amides is 1. The van der Waals surface area contributed by atoms with E-state index < -0.39 is 0 Å². The fourth-order valence-electron chi connectivity index (χ4n) is 2.46. The highest BCUT2D eigenvalue weighted by molar-refractivity contribution is 7.99. The van der Waals surface area contributed by atoms with Crippen molar-refractivity contribution in [3.63, 3.8) is 0 Å². The quantitative estimate of drug-likeness (QED) is 0.545. The zero-order chi connectivity index (χ0) is 17.6. The molecule has 0 saturated heterocycles. The first kappa shape index (κ1) is 17.2. The van der Waals surface area contributed by atoms with E-state index in [1.807, 2.05) is 62.4 Å². The molecule has 0 fully saturated rings. The molecule has 0 radical (unpaired) electrons. The number of benzene rings is 2. The first-order valence-corrected chi connectivity index (χ1v) is 8.99. The Morgan fingerprint density at radius 1 is 0.920 bits per heavy atom. The lowest BCUT2D eigenvalue weighted by molar-refractivity contribution is -0.113. The third-order valence-electron chi connectivity index (χ3n) is 3.57. The molecule has 3 aromatic rings. The number of aryl methyl sites for hydroxylation is 2. The molecule has 1 amide bonds. The fourth-order valence-corrected chi connectivity index (χ4v) is 3.21. The average Bonchev–Trinajstić information content (AvgIpc) is 2.61. The summed E-state index contributed by atoms with van der Waals surface area (Å²) in [5.41, 5.74) is 4.88. The molecule has 2 aromatic carbocycles. The maximum absolute atomic E-state index is 12.1. The van der Waals surface area contributed by atoms with Gasteiger partial charge in [0.1, 0.15) is 0 Å². The minimum atomic E-state index is -0.0692. The molecule has 126 valence electrons. The van der Waals surface area contributed by atoms with Gasteiger partial charge in [0.25, 0.3) is 0 Å². The topological polar surface area (TPSA) is 54.9 Å². The molecule has 0 aliphatic rings. The van der Waals surface area contributed by atoms with Gasteiger partial charge < -0.3 is 5.32 Å². The minimum Gasteiger partial charge on any atom is -0.325 e. The third kappa shape index (κ3) is 4.90. The summed E-state index contributed by atoms with van der Waals surface area (Å²) in [7, 11) is 0. The van der Waals surface area contributed by atoms with Crippen molar-refractivity contribution in [2.75, 3.05) is 11.1 Å². The Morgan fingerprint density at radius 2 is 1.52 bits per heavy atom. The lowest BCUT2D eigenvalue weighted by Gasteiger charge is -2.07. The number of aromatic nitrogens is 2. The molecular weight excluding hydrogens is 330 g/mol. The Bertz CT molecular complexity index is 844. The summed E-state index contributed by atoms with van der Waals surface area (Å²) in [6, 6.07) is 19.9. The van der Waals surface area contributed by atoms with E-state index in [1.54, 1.807) is 0 Å². The fraction of sp³-hybridized carbons (Fsp3) is 0.150. The van der Waals surface area contributed by atoms with Crippen LogP contribution in [-0.2, 0) is 4.79 Å². The second-order valence-corrected chi connectivity index (χ2v) is 6.66. The van der Waals surface area contributed by atoms with Gasteiger partial charge in [0.2, 0.25) is 5.91 Å². The van der Waals surface area contributed by atoms with Crippen molar-refractivity contribution in [1.29, 1.82) is 0 Å². The minimum absolute atomic E-state index is 0.0692. The van der Waals surface area contributed by atoms with Crippen LogP contribution in [0, 0.1) is 13.8 Å². The van der Waals surface area contributed by atoms with Crippen LogP contribution in [0.1, 0.15) is 11.4 Å². The number of carbonyl (C=O) groups is 1. The number of anilines is 1. The lowest BCUT2D eigenvalue weighted by atomic mass is 10.1. The zero-order valence-corrected chi connectivity index (χ0v) is 15.0. The molecule has 0 aliphatic carbocycles. The van der Waals surface area contributed by atoms with Gasteiger partial charge in [0.15, 0.2) is 5.16 Å². The van der Waals surface area contributed by atoms with E-state index in [0.717, 1.165) is 28.2 Å². The van der Waals surface area contributed by atoms with Crippen molar-refractivity contribution in [2.45, 2.75) is 19.0 Å². The molecule has 0 unspecified atom stereocenters. The Balaban J connectivity index is 1.57. The zero-order valence-electron chi connectivity index (χ0n) is 14.2. The third-order valence-corrected chi connectivity index (χ3v) is 4.42. The Kier molecular flexibility index (Phi) is 5.46. The molecular formula is C20H19N3OS. The number of nitrogens with zero attached hydrogens (tertiary/aromatic N) is 2. The second kappa shape index (κ2) is 7.94.